The molecule has 6 rings (SSSR count). The Kier molecular flexibility index (Phi) is 8.20. The second-order valence-corrected chi connectivity index (χ2v) is 12.4. The fourth-order valence-electron chi connectivity index (χ4n) is 5.84. The molecule has 0 aliphatic heterocycles. The summed E-state index contributed by atoms with van der Waals surface area (Å²) in [6.07, 6.45) is 6.03. The first-order valence-electron chi connectivity index (χ1n) is 14.3. The zero-order valence-electron chi connectivity index (χ0n) is 23.4. The third kappa shape index (κ3) is 5.94. The van der Waals surface area contributed by atoms with Crippen molar-refractivity contribution in [2.75, 3.05) is 7.05 Å². The van der Waals surface area contributed by atoms with Crippen LogP contribution in [0.5, 0.6) is 0 Å². The SMILES string of the molecule is CNC1CCC(N(Cc2ccc(-c3cccc(-c4ccc(C)nc4)c3)cc2)C(=O)c2sc3ccccc3c2Cl)CC1. The van der Waals surface area contributed by atoms with Crippen molar-refractivity contribution in [3.8, 4) is 22.3 Å². The summed E-state index contributed by atoms with van der Waals surface area (Å²) < 4.78 is 1.05. The average Bonchev–Trinajstić information content (AvgIpc) is 3.36. The fraction of sp³-hybridized carbons (Fsp3) is 0.257. The molecule has 6 heteroatoms. The van der Waals surface area contributed by atoms with E-state index in [1.165, 1.54) is 11.3 Å². The Labute approximate surface area is 251 Å². The first kappa shape index (κ1) is 27.6. The van der Waals surface area contributed by atoms with Crippen molar-refractivity contribution in [3.05, 3.63) is 112 Å². The lowest BCUT2D eigenvalue weighted by atomic mass is 9.89. The number of carbonyl (C=O) groups excluding carboxylic acids is 1. The van der Waals surface area contributed by atoms with Crippen molar-refractivity contribution in [2.45, 2.75) is 51.2 Å². The lowest BCUT2D eigenvalue weighted by Gasteiger charge is -2.37. The van der Waals surface area contributed by atoms with Crippen LogP contribution < -0.4 is 5.32 Å². The zero-order valence-corrected chi connectivity index (χ0v) is 25.0. The van der Waals surface area contributed by atoms with E-state index in [-0.39, 0.29) is 11.9 Å². The predicted octanol–water partition coefficient (Wildman–Crippen LogP) is 8.77. The van der Waals surface area contributed by atoms with Crippen LogP contribution in [0.25, 0.3) is 32.3 Å². The highest BCUT2D eigenvalue weighted by atomic mass is 35.5. The van der Waals surface area contributed by atoms with Crippen LogP contribution in [0.2, 0.25) is 5.02 Å². The number of benzene rings is 3. The van der Waals surface area contributed by atoms with Crippen molar-refractivity contribution in [1.29, 1.82) is 0 Å². The van der Waals surface area contributed by atoms with Crippen LogP contribution >= 0.6 is 22.9 Å². The Morgan fingerprint density at radius 2 is 1.61 bits per heavy atom. The maximum Gasteiger partial charge on any atom is 0.266 e. The van der Waals surface area contributed by atoms with Crippen LogP contribution in [0.3, 0.4) is 0 Å². The van der Waals surface area contributed by atoms with Crippen LogP contribution in [-0.2, 0) is 6.54 Å². The first-order valence-corrected chi connectivity index (χ1v) is 15.5. The van der Waals surface area contributed by atoms with E-state index in [4.69, 9.17) is 11.6 Å². The Balaban J connectivity index is 1.26. The summed E-state index contributed by atoms with van der Waals surface area (Å²) in [5.74, 6) is 0.0348. The Morgan fingerprint density at radius 3 is 2.29 bits per heavy atom. The number of amides is 1. The molecule has 1 amide bonds. The monoisotopic (exact) mass is 579 g/mol. The molecule has 3 aromatic carbocycles. The number of pyridine rings is 1. The lowest BCUT2D eigenvalue weighted by Crippen LogP contribution is -2.44. The molecule has 1 aliphatic rings. The van der Waals surface area contributed by atoms with Gasteiger partial charge in [-0.2, -0.15) is 0 Å². The summed E-state index contributed by atoms with van der Waals surface area (Å²) in [6, 6.07) is 30.1. The van der Waals surface area contributed by atoms with Crippen LogP contribution in [0.4, 0.5) is 0 Å². The molecule has 5 aromatic rings. The standard InChI is InChI=1S/C35H34ClN3OS/c1-23-10-13-28(21-38-23)27-7-5-6-26(20-27)25-14-11-24(12-15-25)22-39(30-18-16-29(37-2)17-19-30)35(40)34-33(36)31-8-3-4-9-32(31)41-34/h3-15,20-21,29-30,37H,16-19,22H2,1-2H3. The van der Waals surface area contributed by atoms with Gasteiger partial charge in [0.2, 0.25) is 0 Å². The van der Waals surface area contributed by atoms with E-state index in [0.717, 1.165) is 69.3 Å². The highest BCUT2D eigenvalue weighted by Gasteiger charge is 2.31. The minimum atomic E-state index is 0.0348. The molecular weight excluding hydrogens is 546 g/mol. The molecule has 208 valence electrons. The van der Waals surface area contributed by atoms with Crippen LogP contribution in [0.1, 0.15) is 46.6 Å². The van der Waals surface area contributed by atoms with Gasteiger partial charge < -0.3 is 10.2 Å². The lowest BCUT2D eigenvalue weighted by molar-refractivity contribution is 0.0606. The van der Waals surface area contributed by atoms with Gasteiger partial charge in [0.1, 0.15) is 4.88 Å². The summed E-state index contributed by atoms with van der Waals surface area (Å²) in [5, 5.41) is 4.94. The van der Waals surface area contributed by atoms with Crippen LogP contribution in [0.15, 0.2) is 91.1 Å². The van der Waals surface area contributed by atoms with E-state index in [9.17, 15) is 4.79 Å². The molecule has 1 fully saturated rings. The number of thiophene rings is 1. The van der Waals surface area contributed by atoms with Gasteiger partial charge in [-0.1, -0.05) is 78.3 Å². The molecule has 2 aromatic heterocycles. The van der Waals surface area contributed by atoms with Gasteiger partial charge in [-0.3, -0.25) is 9.78 Å². The van der Waals surface area contributed by atoms with Crippen LogP contribution in [-0.4, -0.2) is 34.9 Å². The normalized spacial score (nSPS) is 17.0. The second-order valence-electron chi connectivity index (χ2n) is 10.9. The maximum absolute atomic E-state index is 14.1. The maximum atomic E-state index is 14.1. The van der Waals surface area contributed by atoms with E-state index >= 15 is 0 Å². The molecule has 0 saturated heterocycles. The molecule has 41 heavy (non-hydrogen) atoms. The van der Waals surface area contributed by atoms with E-state index < -0.39 is 0 Å². The minimum absolute atomic E-state index is 0.0348. The minimum Gasteiger partial charge on any atom is -0.331 e. The van der Waals surface area contributed by atoms with Gasteiger partial charge in [0.25, 0.3) is 5.91 Å². The van der Waals surface area contributed by atoms with E-state index in [1.807, 2.05) is 50.5 Å². The third-order valence-electron chi connectivity index (χ3n) is 8.28. The quantitative estimate of drug-likeness (QED) is 0.210. The molecule has 1 saturated carbocycles. The second kappa shape index (κ2) is 12.2. The predicted molar refractivity (Wildman–Crippen MR) is 172 cm³/mol. The van der Waals surface area contributed by atoms with Gasteiger partial charge in [0.05, 0.1) is 5.02 Å². The number of nitrogens with one attached hydrogen (secondary N) is 1. The summed E-state index contributed by atoms with van der Waals surface area (Å²) in [5.41, 5.74) is 6.69. The van der Waals surface area contributed by atoms with Gasteiger partial charge in [-0.15, -0.1) is 11.3 Å². The molecular formula is C35H34ClN3OS. The van der Waals surface area contributed by atoms with Crippen molar-refractivity contribution in [1.82, 2.24) is 15.2 Å². The number of carbonyl (C=O) groups is 1. The number of aryl methyl sites for hydroxylation is 1. The highest BCUT2D eigenvalue weighted by Crippen LogP contribution is 2.37. The summed E-state index contributed by atoms with van der Waals surface area (Å²) in [6.45, 7) is 2.56. The Morgan fingerprint density at radius 1 is 0.902 bits per heavy atom. The molecule has 0 radical (unpaired) electrons. The Bertz CT molecular complexity index is 1650. The van der Waals surface area contributed by atoms with Crippen molar-refractivity contribution in [2.24, 2.45) is 0 Å². The zero-order chi connectivity index (χ0) is 28.3. The first-order chi connectivity index (χ1) is 20.0. The Hall–Kier alpha value is -3.51. The van der Waals surface area contributed by atoms with Crippen LogP contribution in [0, 0.1) is 6.92 Å². The molecule has 1 aliphatic carbocycles. The number of aromatic nitrogens is 1. The summed E-state index contributed by atoms with van der Waals surface area (Å²) >= 11 is 8.29. The third-order valence-corrected chi connectivity index (χ3v) is 9.95. The number of fused-ring (bicyclic) bond motifs is 1. The number of hydrogen-bond donors (Lipinski definition) is 1. The fourth-order valence-corrected chi connectivity index (χ4v) is 7.31. The molecule has 1 N–H and O–H groups in total. The number of halogens is 1. The largest absolute Gasteiger partial charge is 0.331 e. The highest BCUT2D eigenvalue weighted by molar-refractivity contribution is 7.21. The van der Waals surface area contributed by atoms with Gasteiger partial charge in [-0.25, -0.2) is 0 Å². The molecule has 0 spiro atoms. The van der Waals surface area contributed by atoms with E-state index in [2.05, 4.69) is 69.8 Å². The molecule has 4 nitrogen and oxygen atoms in total. The van der Waals surface area contributed by atoms with Gasteiger partial charge in [-0.05, 0) is 80.1 Å². The summed E-state index contributed by atoms with van der Waals surface area (Å²) in [7, 11) is 2.03. The van der Waals surface area contributed by atoms with Gasteiger partial charge in [0, 0.05) is 46.2 Å². The molecule has 0 atom stereocenters. The van der Waals surface area contributed by atoms with Gasteiger partial charge in [0.15, 0.2) is 0 Å². The molecule has 0 bridgehead atoms. The number of nitrogens with zero attached hydrogens (tertiary/aromatic N) is 2. The molecule has 0 unspecified atom stereocenters. The van der Waals surface area contributed by atoms with Crippen molar-refractivity contribution < 1.29 is 4.79 Å². The number of hydrogen-bond acceptors (Lipinski definition) is 4. The van der Waals surface area contributed by atoms with Crippen molar-refractivity contribution >= 4 is 38.9 Å². The van der Waals surface area contributed by atoms with Gasteiger partial charge >= 0.3 is 0 Å². The van der Waals surface area contributed by atoms with E-state index in [1.54, 1.807) is 0 Å². The number of rotatable bonds is 7. The smallest absolute Gasteiger partial charge is 0.266 e. The topological polar surface area (TPSA) is 45.2 Å². The molecule has 2 heterocycles. The summed E-state index contributed by atoms with van der Waals surface area (Å²) in [4.78, 5) is 21.3. The van der Waals surface area contributed by atoms with E-state index in [0.29, 0.717) is 22.5 Å². The average molecular weight is 580 g/mol. The van der Waals surface area contributed by atoms with Crippen molar-refractivity contribution in [3.63, 3.8) is 0 Å².